The number of amides is 1. The van der Waals surface area contributed by atoms with E-state index in [0.717, 1.165) is 31.1 Å². The van der Waals surface area contributed by atoms with Crippen molar-refractivity contribution in [2.45, 2.75) is 77.3 Å². The van der Waals surface area contributed by atoms with E-state index in [4.69, 9.17) is 5.32 Å². The molecule has 0 heterocycles. The standard InChI is InChI=1S/C22H37N2O/c1-14-9-10-22(23-6)16(3)7-8-18-15(2)11-17(19(14)20(18)22)12-21(4,5)24-13-25/h13,15-20H,1,7-12H2,2-6H3,(H,24,25)/q-1/t15-,16-,17-,18?,19+,20?,22-/m1/s1. The Morgan fingerprint density at radius 2 is 2.08 bits per heavy atom. The lowest BCUT2D eigenvalue weighted by Gasteiger charge is -2.69. The Morgan fingerprint density at radius 1 is 1.36 bits per heavy atom. The number of allylic oxidation sites excluding steroid dienone is 1. The first-order chi connectivity index (χ1) is 11.8. The fourth-order valence-electron chi connectivity index (χ4n) is 6.97. The van der Waals surface area contributed by atoms with E-state index in [1.807, 2.05) is 0 Å². The molecule has 2 unspecified atom stereocenters. The Bertz CT molecular complexity index is 528. The van der Waals surface area contributed by atoms with E-state index >= 15 is 0 Å². The van der Waals surface area contributed by atoms with E-state index in [1.54, 1.807) is 0 Å². The third-order valence-corrected chi connectivity index (χ3v) is 8.08. The van der Waals surface area contributed by atoms with Crippen LogP contribution in [0.15, 0.2) is 12.2 Å². The summed E-state index contributed by atoms with van der Waals surface area (Å²) in [5.74, 6) is 4.06. The van der Waals surface area contributed by atoms with E-state index < -0.39 is 0 Å². The van der Waals surface area contributed by atoms with Gasteiger partial charge in [-0.25, -0.2) is 0 Å². The predicted octanol–water partition coefficient (Wildman–Crippen LogP) is 4.93. The van der Waals surface area contributed by atoms with Gasteiger partial charge in [-0.3, -0.25) is 4.79 Å². The van der Waals surface area contributed by atoms with Crippen molar-refractivity contribution in [2.75, 3.05) is 7.05 Å². The smallest absolute Gasteiger partial charge is 0.207 e. The average Bonchev–Trinajstić information content (AvgIpc) is 2.54. The highest BCUT2D eigenvalue weighted by atomic mass is 16.1. The Kier molecular flexibility index (Phi) is 5.09. The predicted molar refractivity (Wildman–Crippen MR) is 104 cm³/mol. The van der Waals surface area contributed by atoms with Gasteiger partial charge in [-0.15, -0.1) is 5.54 Å². The summed E-state index contributed by atoms with van der Waals surface area (Å²) in [6.07, 6.45) is 8.17. The van der Waals surface area contributed by atoms with Crippen LogP contribution in [-0.4, -0.2) is 24.5 Å². The summed E-state index contributed by atoms with van der Waals surface area (Å²) < 4.78 is 0. The molecule has 3 nitrogen and oxygen atoms in total. The summed E-state index contributed by atoms with van der Waals surface area (Å²) in [5, 5.41) is 8.13. The second-order valence-corrected chi connectivity index (χ2v) is 9.89. The van der Waals surface area contributed by atoms with Crippen LogP contribution in [0.4, 0.5) is 0 Å². The topological polar surface area (TPSA) is 43.2 Å². The quantitative estimate of drug-likeness (QED) is 0.557. The summed E-state index contributed by atoms with van der Waals surface area (Å²) in [7, 11) is 2.07. The minimum atomic E-state index is -0.150. The Balaban J connectivity index is 1.96. The molecule has 0 saturated heterocycles. The maximum Gasteiger partial charge on any atom is 0.207 e. The minimum Gasteiger partial charge on any atom is -0.659 e. The zero-order chi connectivity index (χ0) is 18.4. The minimum absolute atomic E-state index is 0.150. The summed E-state index contributed by atoms with van der Waals surface area (Å²) in [6.45, 7) is 13.7. The molecule has 3 aliphatic carbocycles. The van der Waals surface area contributed by atoms with E-state index in [9.17, 15) is 4.79 Å². The molecular weight excluding hydrogens is 308 g/mol. The van der Waals surface area contributed by atoms with Crippen LogP contribution in [0.2, 0.25) is 0 Å². The molecule has 0 bridgehead atoms. The van der Waals surface area contributed by atoms with Crippen molar-refractivity contribution in [1.82, 2.24) is 5.32 Å². The fourth-order valence-corrected chi connectivity index (χ4v) is 6.97. The summed E-state index contributed by atoms with van der Waals surface area (Å²) >= 11 is 0. The van der Waals surface area contributed by atoms with Crippen LogP contribution >= 0.6 is 0 Å². The van der Waals surface area contributed by atoms with Crippen molar-refractivity contribution in [3.8, 4) is 0 Å². The van der Waals surface area contributed by atoms with Crippen LogP contribution in [0.1, 0.15) is 66.2 Å². The van der Waals surface area contributed by atoms with Crippen LogP contribution < -0.4 is 5.32 Å². The highest BCUT2D eigenvalue weighted by molar-refractivity contribution is 5.47. The number of nitrogens with one attached hydrogen (secondary N) is 1. The third-order valence-electron chi connectivity index (χ3n) is 8.08. The van der Waals surface area contributed by atoms with Gasteiger partial charge in [-0.1, -0.05) is 44.8 Å². The highest BCUT2D eigenvalue weighted by Crippen LogP contribution is 2.63. The molecule has 3 rings (SSSR count). The highest BCUT2D eigenvalue weighted by Gasteiger charge is 2.55. The number of carbonyl (C=O) groups excluding carboxylic acids is 1. The molecule has 0 radical (unpaired) electrons. The molecule has 1 N–H and O–H groups in total. The Morgan fingerprint density at radius 3 is 2.72 bits per heavy atom. The number of hydrogen-bond acceptors (Lipinski definition) is 1. The largest absolute Gasteiger partial charge is 0.659 e. The van der Waals surface area contributed by atoms with Crippen LogP contribution in [0.5, 0.6) is 0 Å². The Hall–Kier alpha value is -0.830. The molecule has 3 aliphatic rings. The molecule has 25 heavy (non-hydrogen) atoms. The summed E-state index contributed by atoms with van der Waals surface area (Å²) in [5.41, 5.74) is 1.47. The summed E-state index contributed by atoms with van der Waals surface area (Å²) in [6, 6.07) is 0. The van der Waals surface area contributed by atoms with Crippen molar-refractivity contribution in [1.29, 1.82) is 0 Å². The van der Waals surface area contributed by atoms with E-state index in [0.29, 0.717) is 23.7 Å². The van der Waals surface area contributed by atoms with Gasteiger partial charge in [-0.2, -0.15) is 7.05 Å². The zero-order valence-corrected chi connectivity index (χ0v) is 16.8. The molecular formula is C22H37N2O-. The molecule has 7 atom stereocenters. The van der Waals surface area contributed by atoms with E-state index in [1.165, 1.54) is 31.3 Å². The summed E-state index contributed by atoms with van der Waals surface area (Å²) in [4.78, 5) is 11.0. The Labute approximate surface area is 154 Å². The van der Waals surface area contributed by atoms with Crippen molar-refractivity contribution in [2.24, 2.45) is 35.5 Å². The van der Waals surface area contributed by atoms with Gasteiger partial charge in [-0.05, 0) is 69.1 Å². The van der Waals surface area contributed by atoms with Gasteiger partial charge in [0.05, 0.1) is 0 Å². The van der Waals surface area contributed by atoms with Crippen LogP contribution in [0.3, 0.4) is 0 Å². The second-order valence-electron chi connectivity index (χ2n) is 9.89. The average molecular weight is 346 g/mol. The fraction of sp³-hybridized carbons (Fsp3) is 0.864. The van der Waals surface area contributed by atoms with Gasteiger partial charge in [0.2, 0.25) is 6.41 Å². The maximum atomic E-state index is 11.0. The zero-order valence-electron chi connectivity index (χ0n) is 16.8. The molecule has 0 spiro atoms. The van der Waals surface area contributed by atoms with Gasteiger partial charge in [0.1, 0.15) is 0 Å². The molecule has 0 aromatic rings. The molecule has 0 aromatic carbocycles. The van der Waals surface area contributed by atoms with E-state index in [2.05, 4.69) is 46.6 Å². The third kappa shape index (κ3) is 3.07. The first-order valence-electron chi connectivity index (χ1n) is 10.3. The molecule has 1 amide bonds. The maximum absolute atomic E-state index is 11.0. The van der Waals surface area contributed by atoms with Crippen LogP contribution in [0.25, 0.3) is 5.32 Å². The molecule has 3 fully saturated rings. The molecule has 3 heteroatoms. The van der Waals surface area contributed by atoms with Crippen molar-refractivity contribution in [3.63, 3.8) is 0 Å². The van der Waals surface area contributed by atoms with Gasteiger partial charge >= 0.3 is 0 Å². The number of nitrogens with zero attached hydrogens (tertiary/aromatic N) is 1. The number of hydrogen-bond donors (Lipinski definition) is 1. The van der Waals surface area contributed by atoms with Gasteiger partial charge < -0.3 is 10.6 Å². The lowest BCUT2D eigenvalue weighted by atomic mass is 9.44. The monoisotopic (exact) mass is 345 g/mol. The van der Waals surface area contributed by atoms with Crippen molar-refractivity contribution >= 4 is 6.41 Å². The van der Waals surface area contributed by atoms with Crippen molar-refractivity contribution in [3.05, 3.63) is 17.5 Å². The van der Waals surface area contributed by atoms with Gasteiger partial charge in [0, 0.05) is 5.54 Å². The molecule has 3 saturated carbocycles. The van der Waals surface area contributed by atoms with Gasteiger partial charge in [0.25, 0.3) is 0 Å². The lowest BCUT2D eigenvalue weighted by Crippen LogP contribution is -2.60. The molecule has 0 aromatic heterocycles. The SMILES string of the molecule is C=C1CC[C@]2([N-]C)C3C(CC[C@H]2C)[C@H](C)C[C@H](CC(C)(C)NC=O)[C@H]13. The molecule has 142 valence electrons. The van der Waals surface area contributed by atoms with Crippen molar-refractivity contribution < 1.29 is 4.79 Å². The number of rotatable bonds is 5. The van der Waals surface area contributed by atoms with Crippen LogP contribution in [0, 0.1) is 35.5 Å². The van der Waals surface area contributed by atoms with Crippen LogP contribution in [-0.2, 0) is 4.79 Å². The number of carbonyl (C=O) groups is 1. The van der Waals surface area contributed by atoms with Gasteiger partial charge in [0.15, 0.2) is 0 Å². The lowest BCUT2D eigenvalue weighted by molar-refractivity contribution is -0.111. The van der Waals surface area contributed by atoms with E-state index in [-0.39, 0.29) is 11.1 Å². The normalized spacial score (nSPS) is 44.1. The first kappa shape index (κ1) is 18.9. The second kappa shape index (κ2) is 6.72. The first-order valence-corrected chi connectivity index (χ1v) is 10.3. The molecule has 0 aliphatic heterocycles.